The van der Waals surface area contributed by atoms with Gasteiger partial charge in [0.2, 0.25) is 11.2 Å². The van der Waals surface area contributed by atoms with Crippen molar-refractivity contribution in [3.63, 3.8) is 0 Å². The maximum atomic E-state index is 12.2. The van der Waals surface area contributed by atoms with Crippen LogP contribution in [0.4, 0.5) is 0 Å². The molecule has 0 aliphatic rings. The van der Waals surface area contributed by atoms with Gasteiger partial charge in [-0.2, -0.15) is 5.10 Å². The Morgan fingerprint density at radius 1 is 1.33 bits per heavy atom. The van der Waals surface area contributed by atoms with Crippen LogP contribution in [0, 0.1) is 0 Å². The van der Waals surface area contributed by atoms with Crippen LogP contribution in [0.25, 0.3) is 5.69 Å². The maximum Gasteiger partial charge on any atom is 0.214 e. The minimum atomic E-state index is -0.424. The molecule has 0 fully saturated rings. The van der Waals surface area contributed by atoms with Crippen LogP contribution in [0.5, 0.6) is 0 Å². The lowest BCUT2D eigenvalue weighted by Crippen LogP contribution is -2.22. The van der Waals surface area contributed by atoms with E-state index in [0.717, 1.165) is 0 Å². The number of hydrogen-bond donors (Lipinski definition) is 1. The standard InChI is InChI=1S/C15H14ClN3O2/c1-10(9-17-2)15(21)14-13(20)7-8-19(18-14)12-6-4-3-5-11(12)16/h3-9,17H,1-2H3/b10-9+. The Kier molecular flexibility index (Phi) is 4.55. The summed E-state index contributed by atoms with van der Waals surface area (Å²) in [7, 11) is 1.68. The van der Waals surface area contributed by atoms with E-state index < -0.39 is 11.2 Å². The van der Waals surface area contributed by atoms with Crippen LogP contribution >= 0.6 is 11.6 Å². The van der Waals surface area contributed by atoms with Crippen molar-refractivity contribution in [2.75, 3.05) is 7.05 Å². The van der Waals surface area contributed by atoms with Gasteiger partial charge in [-0.3, -0.25) is 9.59 Å². The average molecular weight is 304 g/mol. The van der Waals surface area contributed by atoms with Crippen molar-refractivity contribution in [3.8, 4) is 5.69 Å². The molecule has 2 rings (SSSR count). The molecule has 21 heavy (non-hydrogen) atoms. The van der Waals surface area contributed by atoms with Gasteiger partial charge < -0.3 is 5.32 Å². The summed E-state index contributed by atoms with van der Waals surface area (Å²) in [6.45, 7) is 1.62. The highest BCUT2D eigenvalue weighted by Gasteiger charge is 2.15. The third-order valence-electron chi connectivity index (χ3n) is 2.84. The first kappa shape index (κ1) is 15.0. The number of halogens is 1. The Balaban J connectivity index is 2.53. The third-order valence-corrected chi connectivity index (χ3v) is 3.16. The highest BCUT2D eigenvalue weighted by molar-refractivity contribution is 6.32. The average Bonchev–Trinajstić information content (AvgIpc) is 2.48. The highest BCUT2D eigenvalue weighted by Crippen LogP contribution is 2.18. The molecule has 2 aromatic rings. The van der Waals surface area contributed by atoms with Gasteiger partial charge in [0.15, 0.2) is 5.69 Å². The predicted molar refractivity (Wildman–Crippen MR) is 82.0 cm³/mol. The summed E-state index contributed by atoms with van der Waals surface area (Å²) in [6.07, 6.45) is 3.01. The molecule has 6 heteroatoms. The number of carbonyl (C=O) groups is 1. The van der Waals surface area contributed by atoms with Crippen molar-refractivity contribution in [3.05, 3.63) is 69.2 Å². The van der Waals surface area contributed by atoms with E-state index in [9.17, 15) is 9.59 Å². The number of carbonyl (C=O) groups excluding carboxylic acids is 1. The number of aromatic nitrogens is 2. The Morgan fingerprint density at radius 3 is 2.71 bits per heavy atom. The van der Waals surface area contributed by atoms with Gasteiger partial charge in [-0.1, -0.05) is 23.7 Å². The molecule has 5 nitrogen and oxygen atoms in total. The van der Waals surface area contributed by atoms with Gasteiger partial charge in [-0.15, -0.1) is 0 Å². The Morgan fingerprint density at radius 2 is 2.05 bits per heavy atom. The van der Waals surface area contributed by atoms with E-state index in [1.54, 1.807) is 38.2 Å². The summed E-state index contributed by atoms with van der Waals surface area (Å²) in [5.74, 6) is -0.421. The first-order valence-corrected chi connectivity index (χ1v) is 6.66. The van der Waals surface area contributed by atoms with E-state index in [1.165, 1.54) is 23.1 Å². The summed E-state index contributed by atoms with van der Waals surface area (Å²) >= 11 is 6.10. The van der Waals surface area contributed by atoms with Gasteiger partial charge in [0.1, 0.15) is 0 Å². The Bertz CT molecular complexity index is 766. The van der Waals surface area contributed by atoms with Crippen molar-refractivity contribution in [1.29, 1.82) is 0 Å². The first-order chi connectivity index (χ1) is 10.0. The number of rotatable bonds is 4. The maximum absolute atomic E-state index is 12.2. The van der Waals surface area contributed by atoms with Gasteiger partial charge in [-0.25, -0.2) is 4.68 Å². The molecule has 0 atom stereocenters. The topological polar surface area (TPSA) is 64.0 Å². The number of ketones is 1. The van der Waals surface area contributed by atoms with Crippen LogP contribution in [-0.2, 0) is 0 Å². The predicted octanol–water partition coefficient (Wildman–Crippen LogP) is 2.19. The molecule has 0 unspecified atom stereocenters. The SMILES string of the molecule is CN/C=C(\C)C(=O)c1nn(-c2ccccc2Cl)ccc1=O. The smallest absolute Gasteiger partial charge is 0.214 e. The lowest BCUT2D eigenvalue weighted by Gasteiger charge is -2.08. The third kappa shape index (κ3) is 3.20. The zero-order valence-electron chi connectivity index (χ0n) is 11.6. The van der Waals surface area contributed by atoms with Crippen LogP contribution in [0.15, 0.2) is 53.1 Å². The lowest BCUT2D eigenvalue weighted by atomic mass is 10.1. The van der Waals surface area contributed by atoms with Crippen LogP contribution < -0.4 is 10.7 Å². The van der Waals surface area contributed by atoms with Crippen LogP contribution in [0.2, 0.25) is 5.02 Å². The summed E-state index contributed by atoms with van der Waals surface area (Å²) < 4.78 is 1.42. The Labute approximate surface area is 126 Å². The van der Waals surface area contributed by atoms with Crippen molar-refractivity contribution in [2.24, 2.45) is 0 Å². The van der Waals surface area contributed by atoms with Gasteiger partial charge in [0.25, 0.3) is 0 Å². The quantitative estimate of drug-likeness (QED) is 0.694. The van der Waals surface area contributed by atoms with Crippen LogP contribution in [0.1, 0.15) is 17.4 Å². The lowest BCUT2D eigenvalue weighted by molar-refractivity contribution is 0.102. The molecule has 0 spiro atoms. The van der Waals surface area contributed by atoms with E-state index in [0.29, 0.717) is 16.3 Å². The number of Topliss-reactive ketones (excluding diaryl/α,β-unsaturated/α-hetero) is 1. The molecule has 0 saturated heterocycles. The molecular weight excluding hydrogens is 290 g/mol. The molecule has 0 bridgehead atoms. The van der Waals surface area contributed by atoms with Gasteiger partial charge >= 0.3 is 0 Å². The zero-order valence-corrected chi connectivity index (χ0v) is 12.4. The fourth-order valence-corrected chi connectivity index (χ4v) is 2.03. The highest BCUT2D eigenvalue weighted by atomic mass is 35.5. The molecular formula is C15H14ClN3O2. The molecule has 108 valence electrons. The fourth-order valence-electron chi connectivity index (χ4n) is 1.81. The van der Waals surface area contributed by atoms with Crippen molar-refractivity contribution in [2.45, 2.75) is 6.92 Å². The fraction of sp³-hybridized carbons (Fsp3) is 0.133. The molecule has 0 saturated carbocycles. The largest absolute Gasteiger partial charge is 0.394 e. The van der Waals surface area contributed by atoms with Crippen molar-refractivity contribution in [1.82, 2.24) is 15.1 Å². The van der Waals surface area contributed by atoms with Crippen LogP contribution in [0.3, 0.4) is 0 Å². The summed E-state index contributed by atoms with van der Waals surface area (Å²) in [5.41, 5.74) is 0.441. The van der Waals surface area contributed by atoms with Crippen LogP contribution in [-0.4, -0.2) is 22.6 Å². The monoisotopic (exact) mass is 303 g/mol. The molecule has 1 N–H and O–H groups in total. The molecule has 0 radical (unpaired) electrons. The summed E-state index contributed by atoms with van der Waals surface area (Å²) in [4.78, 5) is 24.1. The van der Waals surface area contributed by atoms with E-state index in [4.69, 9.17) is 11.6 Å². The molecule has 0 amide bonds. The number of nitrogens with one attached hydrogen (secondary N) is 1. The van der Waals surface area contributed by atoms with Crippen molar-refractivity contribution < 1.29 is 4.79 Å². The van der Waals surface area contributed by atoms with Crippen molar-refractivity contribution >= 4 is 17.4 Å². The van der Waals surface area contributed by atoms with Gasteiger partial charge in [0.05, 0.1) is 10.7 Å². The molecule has 1 aromatic heterocycles. The minimum Gasteiger partial charge on any atom is -0.394 e. The minimum absolute atomic E-state index is 0.138. The number of hydrogen-bond acceptors (Lipinski definition) is 4. The zero-order chi connectivity index (χ0) is 15.4. The number of allylic oxidation sites excluding steroid dienone is 1. The number of para-hydroxylation sites is 1. The summed E-state index contributed by atoms with van der Waals surface area (Å²) in [5, 5.41) is 7.34. The second-order valence-electron chi connectivity index (χ2n) is 4.37. The van der Waals surface area contributed by atoms with E-state index in [1.807, 2.05) is 0 Å². The number of benzene rings is 1. The molecule has 0 aliphatic carbocycles. The number of nitrogens with zero attached hydrogens (tertiary/aromatic N) is 2. The molecule has 0 aliphatic heterocycles. The van der Waals surface area contributed by atoms with E-state index >= 15 is 0 Å². The molecule has 1 heterocycles. The van der Waals surface area contributed by atoms with Gasteiger partial charge in [-0.05, 0) is 19.1 Å². The summed E-state index contributed by atoms with van der Waals surface area (Å²) in [6, 6.07) is 8.36. The second-order valence-corrected chi connectivity index (χ2v) is 4.78. The molecule has 1 aromatic carbocycles. The normalized spacial score (nSPS) is 11.3. The van der Waals surface area contributed by atoms with E-state index in [2.05, 4.69) is 10.4 Å². The van der Waals surface area contributed by atoms with Gasteiger partial charge in [0, 0.05) is 31.1 Å². The first-order valence-electron chi connectivity index (χ1n) is 6.28. The second kappa shape index (κ2) is 6.37. The van der Waals surface area contributed by atoms with E-state index in [-0.39, 0.29) is 5.69 Å². The Hall–Kier alpha value is -2.40.